The van der Waals surface area contributed by atoms with Crippen molar-refractivity contribution in [3.8, 4) is 16.9 Å². The van der Waals surface area contributed by atoms with Crippen molar-refractivity contribution in [3.05, 3.63) is 69.8 Å². The van der Waals surface area contributed by atoms with Crippen LogP contribution in [0.2, 0.25) is 19.6 Å². The van der Waals surface area contributed by atoms with Crippen molar-refractivity contribution in [2.24, 2.45) is 0 Å². The second kappa shape index (κ2) is 6.83. The fourth-order valence-electron chi connectivity index (χ4n) is 4.34. The van der Waals surface area contributed by atoms with Crippen molar-refractivity contribution in [3.63, 3.8) is 0 Å². The fourth-order valence-corrected chi connectivity index (χ4v) is 5.78. The summed E-state index contributed by atoms with van der Waals surface area (Å²) >= 11 is 0. The molecule has 27 heavy (non-hydrogen) atoms. The van der Waals surface area contributed by atoms with Gasteiger partial charge >= 0.3 is 0 Å². The van der Waals surface area contributed by atoms with Crippen LogP contribution in [-0.2, 0) is 0 Å². The predicted molar refractivity (Wildman–Crippen MR) is 121 cm³/mol. The molecule has 1 aliphatic carbocycles. The van der Waals surface area contributed by atoms with Gasteiger partial charge < -0.3 is 5.11 Å². The Bertz CT molecular complexity index is 946. The first-order valence-corrected chi connectivity index (χ1v) is 13.3. The highest BCUT2D eigenvalue weighted by molar-refractivity contribution is 6.89. The zero-order valence-electron chi connectivity index (χ0n) is 18.0. The molecule has 2 heteroatoms. The number of hydrogen-bond donors (Lipinski definition) is 1. The van der Waals surface area contributed by atoms with Crippen molar-refractivity contribution in [1.82, 2.24) is 0 Å². The van der Waals surface area contributed by atoms with E-state index in [1.165, 1.54) is 39.0 Å². The SMILES string of the molecule is CC1=C(C)C(c2ccc(C)cc2-c2cccc([Si](C)(C)C)c2O)C(C)=C1C. The van der Waals surface area contributed by atoms with Gasteiger partial charge in [0.1, 0.15) is 5.75 Å². The highest BCUT2D eigenvalue weighted by Gasteiger charge is 2.29. The van der Waals surface area contributed by atoms with Gasteiger partial charge in [-0.3, -0.25) is 0 Å². The summed E-state index contributed by atoms with van der Waals surface area (Å²) in [7, 11) is -1.62. The molecule has 1 N–H and O–H groups in total. The van der Waals surface area contributed by atoms with Crippen LogP contribution in [0, 0.1) is 6.92 Å². The quantitative estimate of drug-likeness (QED) is 0.592. The lowest BCUT2D eigenvalue weighted by Gasteiger charge is -2.24. The lowest BCUT2D eigenvalue weighted by Crippen LogP contribution is -2.37. The molecule has 0 heterocycles. The molecule has 1 nitrogen and oxygen atoms in total. The van der Waals surface area contributed by atoms with Crippen LogP contribution in [0.3, 0.4) is 0 Å². The minimum absolute atomic E-state index is 0.301. The Balaban J connectivity index is 2.28. The molecule has 0 saturated carbocycles. The zero-order valence-corrected chi connectivity index (χ0v) is 19.0. The zero-order chi connectivity index (χ0) is 20.1. The van der Waals surface area contributed by atoms with Crippen LogP contribution in [0.15, 0.2) is 58.7 Å². The third-order valence-electron chi connectivity index (χ3n) is 6.27. The summed E-state index contributed by atoms with van der Waals surface area (Å²) in [6.45, 7) is 17.9. The van der Waals surface area contributed by atoms with Gasteiger partial charge in [-0.1, -0.05) is 72.7 Å². The first-order chi connectivity index (χ1) is 12.5. The van der Waals surface area contributed by atoms with Gasteiger partial charge in [0.2, 0.25) is 0 Å². The van der Waals surface area contributed by atoms with Crippen molar-refractivity contribution in [2.45, 2.75) is 60.2 Å². The highest BCUT2D eigenvalue weighted by atomic mass is 28.3. The van der Waals surface area contributed by atoms with Gasteiger partial charge in [-0.2, -0.15) is 0 Å². The smallest absolute Gasteiger partial charge is 0.122 e. The summed E-state index contributed by atoms with van der Waals surface area (Å²) in [6.07, 6.45) is 0. The van der Waals surface area contributed by atoms with Gasteiger partial charge in [0.05, 0.1) is 8.07 Å². The summed E-state index contributed by atoms with van der Waals surface area (Å²) in [5.74, 6) is 0.772. The predicted octanol–water partition coefficient (Wildman–Crippen LogP) is 6.68. The number of phenols is 1. The molecule has 0 saturated heterocycles. The van der Waals surface area contributed by atoms with E-state index >= 15 is 0 Å². The van der Waals surface area contributed by atoms with E-state index in [0.29, 0.717) is 11.7 Å². The van der Waals surface area contributed by atoms with Crippen molar-refractivity contribution in [2.75, 3.05) is 0 Å². The first kappa shape index (κ1) is 19.7. The van der Waals surface area contributed by atoms with E-state index < -0.39 is 8.07 Å². The highest BCUT2D eigenvalue weighted by Crippen LogP contribution is 2.47. The number of benzene rings is 2. The molecule has 0 bridgehead atoms. The second-order valence-corrected chi connectivity index (χ2v) is 14.1. The van der Waals surface area contributed by atoms with Crippen LogP contribution in [0.5, 0.6) is 5.75 Å². The van der Waals surface area contributed by atoms with Crippen LogP contribution in [0.4, 0.5) is 0 Å². The van der Waals surface area contributed by atoms with Gasteiger partial charge in [0, 0.05) is 11.5 Å². The summed E-state index contributed by atoms with van der Waals surface area (Å²) < 4.78 is 0. The molecule has 0 unspecified atom stereocenters. The lowest BCUT2D eigenvalue weighted by molar-refractivity contribution is 0.481. The number of rotatable bonds is 3. The average molecular weight is 377 g/mol. The Kier molecular flexibility index (Phi) is 4.98. The topological polar surface area (TPSA) is 20.2 Å². The summed E-state index contributed by atoms with van der Waals surface area (Å²) in [5, 5.41) is 12.3. The summed E-state index contributed by atoms with van der Waals surface area (Å²) in [6, 6.07) is 13.0. The molecule has 0 fully saturated rings. The Morgan fingerprint density at radius 2 is 1.37 bits per heavy atom. The third-order valence-corrected chi connectivity index (χ3v) is 8.29. The van der Waals surface area contributed by atoms with Crippen LogP contribution in [-0.4, -0.2) is 13.2 Å². The van der Waals surface area contributed by atoms with Crippen molar-refractivity contribution in [1.29, 1.82) is 0 Å². The van der Waals surface area contributed by atoms with E-state index in [1.807, 2.05) is 0 Å². The molecule has 3 rings (SSSR count). The maximum atomic E-state index is 11.2. The van der Waals surface area contributed by atoms with E-state index in [0.717, 1.165) is 10.8 Å². The minimum atomic E-state index is -1.62. The van der Waals surface area contributed by atoms with Gasteiger partial charge in [-0.15, -0.1) is 0 Å². The van der Waals surface area contributed by atoms with Gasteiger partial charge in [-0.05, 0) is 62.1 Å². The number of phenolic OH excluding ortho intramolecular Hbond substituents is 1. The molecular formula is C25H32OSi. The van der Waals surface area contributed by atoms with E-state index in [1.54, 1.807) is 0 Å². The number of allylic oxidation sites excluding steroid dienone is 4. The number of hydrogen-bond acceptors (Lipinski definition) is 1. The van der Waals surface area contributed by atoms with E-state index in [4.69, 9.17) is 0 Å². The normalized spacial score (nSPS) is 15.9. The van der Waals surface area contributed by atoms with Crippen LogP contribution < -0.4 is 5.19 Å². The van der Waals surface area contributed by atoms with Gasteiger partial charge in [0.15, 0.2) is 0 Å². The van der Waals surface area contributed by atoms with Crippen molar-refractivity contribution >= 4 is 13.3 Å². The van der Waals surface area contributed by atoms with E-state index in [2.05, 4.69) is 90.7 Å². The molecule has 2 aromatic carbocycles. The Labute approximate surface area is 165 Å². The van der Waals surface area contributed by atoms with Gasteiger partial charge in [0.25, 0.3) is 0 Å². The summed E-state index contributed by atoms with van der Waals surface area (Å²) in [4.78, 5) is 0. The molecule has 142 valence electrons. The lowest BCUT2D eigenvalue weighted by atomic mass is 9.83. The van der Waals surface area contributed by atoms with Crippen LogP contribution in [0.1, 0.15) is 44.7 Å². The summed E-state index contributed by atoms with van der Waals surface area (Å²) in [5.41, 5.74) is 10.3. The number of aromatic hydroxyl groups is 1. The monoisotopic (exact) mass is 376 g/mol. The van der Waals surface area contributed by atoms with Gasteiger partial charge in [-0.25, -0.2) is 0 Å². The molecule has 0 aliphatic heterocycles. The Hall–Kier alpha value is -2.06. The molecule has 1 aliphatic rings. The second-order valence-electron chi connectivity index (χ2n) is 9.09. The van der Waals surface area contributed by atoms with E-state index in [9.17, 15) is 5.11 Å². The maximum absolute atomic E-state index is 11.2. The first-order valence-electron chi connectivity index (χ1n) is 9.82. The molecule has 0 radical (unpaired) electrons. The van der Waals surface area contributed by atoms with E-state index in [-0.39, 0.29) is 0 Å². The Morgan fingerprint density at radius 3 is 1.93 bits per heavy atom. The maximum Gasteiger partial charge on any atom is 0.122 e. The molecule has 0 amide bonds. The largest absolute Gasteiger partial charge is 0.507 e. The number of aryl methyl sites for hydroxylation is 1. The molecule has 0 aromatic heterocycles. The molecule has 0 atom stereocenters. The standard InChI is InChI=1S/C25H32OSi/c1-15-12-13-20(24-18(4)16(2)17(3)19(24)5)22(14-15)21-10-9-11-23(25(21)26)27(6,7)8/h9-14,24,26H,1-8H3. The Morgan fingerprint density at radius 1 is 0.778 bits per heavy atom. The fraction of sp³-hybridized carbons (Fsp3) is 0.360. The third kappa shape index (κ3) is 3.32. The molecule has 0 spiro atoms. The average Bonchev–Trinajstić information content (AvgIpc) is 2.78. The number of para-hydroxylation sites is 1. The van der Waals surface area contributed by atoms with Crippen LogP contribution in [0.25, 0.3) is 11.1 Å². The van der Waals surface area contributed by atoms with Crippen LogP contribution >= 0.6 is 0 Å². The van der Waals surface area contributed by atoms with Crippen molar-refractivity contribution < 1.29 is 5.11 Å². The molecular weight excluding hydrogens is 344 g/mol. The minimum Gasteiger partial charge on any atom is -0.507 e. The molecule has 2 aromatic rings.